The fourth-order valence-corrected chi connectivity index (χ4v) is 2.65. The van der Waals surface area contributed by atoms with Gasteiger partial charge in [-0.05, 0) is 54.2 Å². The Morgan fingerprint density at radius 1 is 1.40 bits per heavy atom. The molecule has 0 N–H and O–H groups in total. The number of ether oxygens (including phenoxy) is 1. The van der Waals surface area contributed by atoms with Gasteiger partial charge in [0.15, 0.2) is 0 Å². The van der Waals surface area contributed by atoms with Crippen LogP contribution in [-0.2, 0) is 0 Å². The van der Waals surface area contributed by atoms with Gasteiger partial charge in [0.1, 0.15) is 10.4 Å². The van der Waals surface area contributed by atoms with E-state index in [-0.39, 0.29) is 11.6 Å². The number of halogens is 1. The van der Waals surface area contributed by atoms with Crippen molar-refractivity contribution in [1.82, 2.24) is 9.78 Å². The average molecular weight is 357 g/mol. The summed E-state index contributed by atoms with van der Waals surface area (Å²) < 4.78 is 7.81. The number of aromatic nitrogens is 2. The maximum absolute atomic E-state index is 12.4. The van der Waals surface area contributed by atoms with Crippen molar-refractivity contribution in [2.75, 3.05) is 18.6 Å². The van der Waals surface area contributed by atoms with Crippen molar-refractivity contribution in [2.24, 2.45) is 0 Å². The fourth-order valence-electron chi connectivity index (χ4n) is 1.88. The number of fused-ring (bicyclic) bond motifs is 1. The number of hydrogen-bond donors (Lipinski definition) is 0. The molecule has 2 rings (SSSR count). The fraction of sp³-hybridized carbons (Fsp3) is 0.429. The van der Waals surface area contributed by atoms with Gasteiger partial charge in [-0.1, -0.05) is 0 Å². The molecule has 2 aromatic rings. The van der Waals surface area contributed by atoms with Crippen LogP contribution in [0.25, 0.3) is 10.8 Å². The van der Waals surface area contributed by atoms with E-state index in [9.17, 15) is 4.79 Å². The van der Waals surface area contributed by atoms with Gasteiger partial charge >= 0.3 is 0 Å². The van der Waals surface area contributed by atoms with E-state index >= 15 is 0 Å². The minimum absolute atomic E-state index is 0.0178. The number of thioether (sulfide) groups is 1. The van der Waals surface area contributed by atoms with Crippen LogP contribution in [-0.4, -0.2) is 28.4 Å². The molecule has 6 heteroatoms. The lowest BCUT2D eigenvalue weighted by atomic mass is 10.2. The minimum Gasteiger partial charge on any atom is -0.493 e. The molecule has 0 amide bonds. The topological polar surface area (TPSA) is 44.1 Å². The van der Waals surface area contributed by atoms with Crippen LogP contribution in [0.4, 0.5) is 0 Å². The van der Waals surface area contributed by atoms with Gasteiger partial charge in [0.25, 0.3) is 5.56 Å². The Labute approximate surface area is 130 Å². The van der Waals surface area contributed by atoms with Crippen LogP contribution in [0.15, 0.2) is 27.6 Å². The molecule has 0 unspecified atom stereocenters. The van der Waals surface area contributed by atoms with Crippen molar-refractivity contribution < 1.29 is 4.74 Å². The summed E-state index contributed by atoms with van der Waals surface area (Å²) >= 11 is 5.15. The van der Waals surface area contributed by atoms with Gasteiger partial charge < -0.3 is 4.74 Å². The van der Waals surface area contributed by atoms with Crippen LogP contribution < -0.4 is 10.3 Å². The Kier molecular flexibility index (Phi) is 5.10. The van der Waals surface area contributed by atoms with E-state index in [1.165, 1.54) is 4.68 Å². The molecule has 0 spiro atoms. The van der Waals surface area contributed by atoms with Gasteiger partial charge in [0.2, 0.25) is 0 Å². The first-order chi connectivity index (χ1) is 9.54. The highest BCUT2D eigenvalue weighted by molar-refractivity contribution is 9.10. The molecular weight excluding hydrogens is 340 g/mol. The van der Waals surface area contributed by atoms with Crippen LogP contribution in [0, 0.1) is 0 Å². The summed E-state index contributed by atoms with van der Waals surface area (Å²) in [6, 6.07) is 5.55. The summed E-state index contributed by atoms with van der Waals surface area (Å²) in [5.74, 6) is 1.64. The normalized spacial score (nSPS) is 11.2. The molecule has 108 valence electrons. The monoisotopic (exact) mass is 356 g/mol. The molecule has 0 saturated heterocycles. The lowest BCUT2D eigenvalue weighted by Gasteiger charge is -2.12. The number of rotatable bonds is 5. The molecular formula is C14H17BrN2O2S. The first-order valence-corrected chi connectivity index (χ1v) is 8.57. The molecule has 1 aromatic carbocycles. The Morgan fingerprint density at radius 2 is 2.15 bits per heavy atom. The van der Waals surface area contributed by atoms with Crippen molar-refractivity contribution in [3.8, 4) is 5.75 Å². The third-order valence-electron chi connectivity index (χ3n) is 2.89. The van der Waals surface area contributed by atoms with Crippen LogP contribution in [0.3, 0.4) is 0 Å². The Balaban J connectivity index is 2.49. The predicted octanol–water partition coefficient (Wildman–Crippen LogP) is 3.48. The highest BCUT2D eigenvalue weighted by atomic mass is 79.9. The van der Waals surface area contributed by atoms with E-state index in [2.05, 4.69) is 21.0 Å². The van der Waals surface area contributed by atoms with E-state index in [1.54, 1.807) is 17.8 Å². The molecule has 20 heavy (non-hydrogen) atoms. The van der Waals surface area contributed by atoms with E-state index in [4.69, 9.17) is 4.74 Å². The van der Waals surface area contributed by atoms with Gasteiger partial charge in [-0.15, -0.1) is 0 Å². The molecule has 0 radical (unpaired) electrons. The SMILES string of the molecule is CSCCOc1ccc2c(Br)nn(C(C)C)c(=O)c2c1. The number of nitrogens with zero attached hydrogens (tertiary/aromatic N) is 2. The van der Waals surface area contributed by atoms with Crippen LogP contribution >= 0.6 is 27.7 Å². The highest BCUT2D eigenvalue weighted by Gasteiger charge is 2.11. The van der Waals surface area contributed by atoms with Crippen molar-refractivity contribution in [2.45, 2.75) is 19.9 Å². The van der Waals surface area contributed by atoms with Gasteiger partial charge in [-0.25, -0.2) is 4.68 Å². The van der Waals surface area contributed by atoms with E-state index in [0.717, 1.165) is 16.9 Å². The Morgan fingerprint density at radius 3 is 2.80 bits per heavy atom. The first-order valence-electron chi connectivity index (χ1n) is 6.38. The second-order valence-electron chi connectivity index (χ2n) is 4.68. The Bertz CT molecular complexity index is 670. The van der Waals surface area contributed by atoms with Crippen molar-refractivity contribution in [3.63, 3.8) is 0 Å². The standard InChI is InChI=1S/C14H17BrN2O2S/c1-9(2)17-14(18)12-8-10(19-6-7-20-3)4-5-11(12)13(15)16-17/h4-5,8-9H,6-7H2,1-3H3. The smallest absolute Gasteiger partial charge is 0.275 e. The van der Waals surface area contributed by atoms with Gasteiger partial charge in [-0.2, -0.15) is 16.9 Å². The largest absolute Gasteiger partial charge is 0.493 e. The maximum atomic E-state index is 12.4. The molecule has 0 fully saturated rings. The Hall–Kier alpha value is -1.01. The molecule has 0 atom stereocenters. The van der Waals surface area contributed by atoms with E-state index in [1.807, 2.05) is 32.2 Å². The number of hydrogen-bond acceptors (Lipinski definition) is 4. The predicted molar refractivity (Wildman–Crippen MR) is 88.0 cm³/mol. The highest BCUT2D eigenvalue weighted by Crippen LogP contribution is 2.24. The summed E-state index contributed by atoms with van der Waals surface area (Å²) in [6.07, 6.45) is 2.04. The van der Waals surface area contributed by atoms with Gasteiger partial charge in [-0.3, -0.25) is 4.79 Å². The van der Waals surface area contributed by atoms with Crippen LogP contribution in [0.5, 0.6) is 5.75 Å². The minimum atomic E-state index is -0.0893. The van der Waals surface area contributed by atoms with Crippen LogP contribution in [0.1, 0.15) is 19.9 Å². The zero-order valence-electron chi connectivity index (χ0n) is 11.7. The first kappa shape index (κ1) is 15.4. The molecule has 4 nitrogen and oxygen atoms in total. The second kappa shape index (κ2) is 6.63. The summed E-state index contributed by atoms with van der Waals surface area (Å²) in [5.41, 5.74) is -0.0893. The summed E-state index contributed by atoms with van der Waals surface area (Å²) in [7, 11) is 0. The van der Waals surface area contributed by atoms with E-state index in [0.29, 0.717) is 16.6 Å². The molecule has 0 aliphatic rings. The molecule has 1 aromatic heterocycles. The molecule has 1 heterocycles. The third-order valence-corrected chi connectivity index (χ3v) is 4.05. The molecule has 0 aliphatic carbocycles. The lowest BCUT2D eigenvalue weighted by molar-refractivity contribution is 0.344. The zero-order chi connectivity index (χ0) is 14.7. The van der Waals surface area contributed by atoms with Gasteiger partial charge in [0, 0.05) is 11.1 Å². The maximum Gasteiger partial charge on any atom is 0.275 e. The number of benzene rings is 1. The molecule has 0 bridgehead atoms. The second-order valence-corrected chi connectivity index (χ2v) is 6.42. The quantitative estimate of drug-likeness (QED) is 0.769. The summed E-state index contributed by atoms with van der Waals surface area (Å²) in [4.78, 5) is 12.4. The summed E-state index contributed by atoms with van der Waals surface area (Å²) in [6.45, 7) is 4.51. The molecule has 0 aliphatic heterocycles. The van der Waals surface area contributed by atoms with Crippen molar-refractivity contribution in [3.05, 3.63) is 33.2 Å². The average Bonchev–Trinajstić information content (AvgIpc) is 2.42. The van der Waals surface area contributed by atoms with Gasteiger partial charge in [0.05, 0.1) is 18.0 Å². The van der Waals surface area contributed by atoms with Crippen molar-refractivity contribution >= 4 is 38.5 Å². The third kappa shape index (κ3) is 3.17. The van der Waals surface area contributed by atoms with Crippen LogP contribution in [0.2, 0.25) is 0 Å². The zero-order valence-corrected chi connectivity index (χ0v) is 14.1. The van der Waals surface area contributed by atoms with Crippen molar-refractivity contribution in [1.29, 1.82) is 0 Å². The lowest BCUT2D eigenvalue weighted by Crippen LogP contribution is -2.25. The molecule has 0 saturated carbocycles. The van der Waals surface area contributed by atoms with E-state index < -0.39 is 0 Å². The summed E-state index contributed by atoms with van der Waals surface area (Å²) in [5, 5.41) is 5.72.